The van der Waals surface area contributed by atoms with Gasteiger partial charge in [-0.1, -0.05) is 47.7 Å². The number of aromatic nitrogens is 3. The number of carbonyl (C=O) groups excluding carboxylic acids is 1. The minimum absolute atomic E-state index is 0.0249. The summed E-state index contributed by atoms with van der Waals surface area (Å²) >= 11 is 3.12. The average Bonchev–Trinajstić information content (AvgIpc) is 3.41. The van der Waals surface area contributed by atoms with Gasteiger partial charge in [-0.15, -0.1) is 11.3 Å². The molecule has 3 heterocycles. The second-order valence-electron chi connectivity index (χ2n) is 6.05. The van der Waals surface area contributed by atoms with E-state index in [1.54, 1.807) is 17.5 Å². The Bertz CT molecular complexity index is 1040. The zero-order valence-electron chi connectivity index (χ0n) is 14.8. The molecule has 1 amide bonds. The maximum absolute atomic E-state index is 12.4. The highest BCUT2D eigenvalue weighted by Gasteiger charge is 2.19. The fourth-order valence-corrected chi connectivity index (χ4v) is 4.53. The molecule has 4 rings (SSSR count). The number of thiophene rings is 1. The first-order valence-corrected chi connectivity index (χ1v) is 10.3. The lowest BCUT2D eigenvalue weighted by Gasteiger charge is -2.02. The second kappa shape index (κ2) is 7.85. The normalized spacial score (nSPS) is 10.9. The molecule has 0 saturated carbocycles. The largest absolute Gasteiger partial charge is 0.333 e. The molecule has 0 atom stereocenters. The number of amides is 1. The molecule has 0 aliphatic rings. The standard InChI is InChI=1S/C20H18N4OS2/c1-24-12-11-21-19(24)18-17(14-6-3-2-4-7-14)23-20(27-18)22-16(25)10-9-15-8-5-13-26-15/h2-8,11-13H,9-10H2,1H3,(H,22,23,25). The molecular formula is C20H18N4OS2. The number of nitrogens with zero attached hydrogens (tertiary/aromatic N) is 3. The van der Waals surface area contributed by atoms with E-state index in [0.717, 1.165) is 28.4 Å². The number of hydrogen-bond donors (Lipinski definition) is 1. The third-order valence-electron chi connectivity index (χ3n) is 4.12. The molecule has 136 valence electrons. The summed E-state index contributed by atoms with van der Waals surface area (Å²) in [6, 6.07) is 14.0. The molecule has 3 aromatic heterocycles. The third kappa shape index (κ3) is 3.99. The molecule has 0 saturated heterocycles. The fraction of sp³-hybridized carbons (Fsp3) is 0.150. The Morgan fingerprint density at radius 2 is 2.04 bits per heavy atom. The highest BCUT2D eigenvalue weighted by atomic mass is 32.1. The van der Waals surface area contributed by atoms with Crippen molar-refractivity contribution >= 4 is 33.7 Å². The molecule has 5 nitrogen and oxygen atoms in total. The van der Waals surface area contributed by atoms with Crippen molar-refractivity contribution in [2.24, 2.45) is 7.05 Å². The smallest absolute Gasteiger partial charge is 0.226 e. The molecule has 0 aliphatic heterocycles. The summed E-state index contributed by atoms with van der Waals surface area (Å²) in [5, 5.41) is 5.58. The fourth-order valence-electron chi connectivity index (χ4n) is 2.77. The zero-order valence-corrected chi connectivity index (χ0v) is 16.4. The molecule has 0 fully saturated rings. The molecule has 0 unspecified atom stereocenters. The summed E-state index contributed by atoms with van der Waals surface area (Å²) in [6.07, 6.45) is 4.86. The number of carbonyl (C=O) groups is 1. The topological polar surface area (TPSA) is 59.8 Å². The molecule has 4 aromatic rings. The molecule has 1 N–H and O–H groups in total. The van der Waals surface area contributed by atoms with E-state index in [1.165, 1.54) is 16.2 Å². The molecule has 0 radical (unpaired) electrons. The molecule has 0 aliphatic carbocycles. The van der Waals surface area contributed by atoms with Crippen LogP contribution in [-0.2, 0) is 18.3 Å². The lowest BCUT2D eigenvalue weighted by Crippen LogP contribution is -2.11. The van der Waals surface area contributed by atoms with Gasteiger partial charge >= 0.3 is 0 Å². The van der Waals surface area contributed by atoms with Gasteiger partial charge in [0.25, 0.3) is 0 Å². The molecular weight excluding hydrogens is 376 g/mol. The van der Waals surface area contributed by atoms with Crippen molar-refractivity contribution < 1.29 is 4.79 Å². The maximum atomic E-state index is 12.4. The van der Waals surface area contributed by atoms with Crippen LogP contribution in [0.1, 0.15) is 11.3 Å². The monoisotopic (exact) mass is 394 g/mol. The van der Waals surface area contributed by atoms with Crippen molar-refractivity contribution in [3.8, 4) is 22.0 Å². The molecule has 1 aromatic carbocycles. The van der Waals surface area contributed by atoms with Crippen molar-refractivity contribution in [3.63, 3.8) is 0 Å². The molecule has 0 bridgehead atoms. The van der Waals surface area contributed by atoms with Crippen LogP contribution < -0.4 is 5.32 Å². The van der Waals surface area contributed by atoms with Crippen molar-refractivity contribution in [2.75, 3.05) is 5.32 Å². The SMILES string of the molecule is Cn1ccnc1-c1sc(NC(=O)CCc2cccs2)nc1-c1ccccc1. The predicted molar refractivity (Wildman–Crippen MR) is 111 cm³/mol. The Labute approximate surface area is 165 Å². The van der Waals surface area contributed by atoms with Gasteiger partial charge in [-0.25, -0.2) is 9.97 Å². The zero-order chi connectivity index (χ0) is 18.6. The van der Waals surface area contributed by atoms with Crippen LogP contribution in [0.4, 0.5) is 5.13 Å². The number of anilines is 1. The van der Waals surface area contributed by atoms with Crippen LogP contribution >= 0.6 is 22.7 Å². The predicted octanol–water partition coefficient (Wildman–Crippen LogP) is 4.84. The lowest BCUT2D eigenvalue weighted by molar-refractivity contribution is -0.116. The lowest BCUT2D eigenvalue weighted by atomic mass is 10.1. The van der Waals surface area contributed by atoms with E-state index in [2.05, 4.69) is 10.3 Å². The van der Waals surface area contributed by atoms with Crippen molar-refractivity contribution in [3.05, 3.63) is 65.1 Å². The summed E-state index contributed by atoms with van der Waals surface area (Å²) in [7, 11) is 1.95. The molecule has 27 heavy (non-hydrogen) atoms. The number of nitrogens with one attached hydrogen (secondary N) is 1. The van der Waals surface area contributed by atoms with Gasteiger partial charge in [-0.05, 0) is 17.9 Å². The van der Waals surface area contributed by atoms with E-state index in [0.29, 0.717) is 11.6 Å². The van der Waals surface area contributed by atoms with Crippen molar-refractivity contribution in [2.45, 2.75) is 12.8 Å². The summed E-state index contributed by atoms with van der Waals surface area (Å²) in [4.78, 5) is 23.7. The number of benzene rings is 1. The van der Waals surface area contributed by atoms with Crippen LogP contribution in [0.5, 0.6) is 0 Å². The van der Waals surface area contributed by atoms with Gasteiger partial charge in [0, 0.05) is 36.3 Å². The summed E-state index contributed by atoms with van der Waals surface area (Å²) in [6.45, 7) is 0. The van der Waals surface area contributed by atoms with Crippen molar-refractivity contribution in [1.82, 2.24) is 14.5 Å². The van der Waals surface area contributed by atoms with Crippen LogP contribution in [0.15, 0.2) is 60.2 Å². The van der Waals surface area contributed by atoms with Crippen molar-refractivity contribution in [1.29, 1.82) is 0 Å². The van der Waals surface area contributed by atoms with E-state index in [4.69, 9.17) is 4.98 Å². The second-order valence-corrected chi connectivity index (χ2v) is 8.08. The molecule has 7 heteroatoms. The van der Waals surface area contributed by atoms with Crippen LogP contribution in [0.3, 0.4) is 0 Å². The number of imidazole rings is 1. The first kappa shape index (κ1) is 17.6. The van der Waals surface area contributed by atoms with Gasteiger partial charge < -0.3 is 9.88 Å². The Balaban J connectivity index is 1.59. The minimum Gasteiger partial charge on any atom is -0.333 e. The van der Waals surface area contributed by atoms with E-state index in [-0.39, 0.29) is 5.91 Å². The highest BCUT2D eigenvalue weighted by molar-refractivity contribution is 7.19. The first-order chi connectivity index (χ1) is 13.2. The third-order valence-corrected chi connectivity index (χ3v) is 6.03. The first-order valence-electron chi connectivity index (χ1n) is 8.57. The number of thiazole rings is 1. The van der Waals surface area contributed by atoms with E-state index in [1.807, 2.05) is 65.7 Å². The Hall–Kier alpha value is -2.77. The van der Waals surface area contributed by atoms with Crippen LogP contribution in [0.2, 0.25) is 0 Å². The summed E-state index contributed by atoms with van der Waals surface area (Å²) in [5.41, 5.74) is 1.84. The Morgan fingerprint density at radius 3 is 2.74 bits per heavy atom. The van der Waals surface area contributed by atoms with Crippen LogP contribution in [0, 0.1) is 0 Å². The van der Waals surface area contributed by atoms with E-state index in [9.17, 15) is 4.79 Å². The van der Waals surface area contributed by atoms with E-state index >= 15 is 0 Å². The van der Waals surface area contributed by atoms with E-state index < -0.39 is 0 Å². The molecule has 0 spiro atoms. The number of hydrogen-bond acceptors (Lipinski definition) is 5. The number of aryl methyl sites for hydroxylation is 2. The van der Waals surface area contributed by atoms with Gasteiger partial charge in [0.2, 0.25) is 5.91 Å². The quantitative estimate of drug-likeness (QED) is 0.509. The summed E-state index contributed by atoms with van der Waals surface area (Å²) in [5.74, 6) is 0.814. The van der Waals surface area contributed by atoms with Gasteiger partial charge in [0.05, 0.1) is 10.6 Å². The Morgan fingerprint density at radius 1 is 1.19 bits per heavy atom. The highest BCUT2D eigenvalue weighted by Crippen LogP contribution is 2.38. The van der Waals surface area contributed by atoms with Crippen LogP contribution in [-0.4, -0.2) is 20.4 Å². The summed E-state index contributed by atoms with van der Waals surface area (Å²) < 4.78 is 1.96. The Kier molecular flexibility index (Phi) is 5.13. The average molecular weight is 395 g/mol. The van der Waals surface area contributed by atoms with Gasteiger partial charge in [0.1, 0.15) is 0 Å². The number of rotatable bonds is 6. The van der Waals surface area contributed by atoms with Gasteiger partial charge in [-0.3, -0.25) is 4.79 Å². The minimum atomic E-state index is -0.0249. The maximum Gasteiger partial charge on any atom is 0.226 e. The van der Waals surface area contributed by atoms with Gasteiger partial charge in [-0.2, -0.15) is 0 Å². The van der Waals surface area contributed by atoms with Gasteiger partial charge in [0.15, 0.2) is 11.0 Å². The van der Waals surface area contributed by atoms with Crippen LogP contribution in [0.25, 0.3) is 22.0 Å².